The highest BCUT2D eigenvalue weighted by atomic mass is 32.1. The monoisotopic (exact) mass is 262 g/mol. The molecule has 5 nitrogen and oxygen atoms in total. The number of nitrogen functional groups attached to an aromatic ring is 1. The van der Waals surface area contributed by atoms with Gasteiger partial charge in [-0.05, 0) is 23.4 Å². The fourth-order valence-electron chi connectivity index (χ4n) is 2.28. The van der Waals surface area contributed by atoms with Gasteiger partial charge in [-0.3, -0.25) is 4.79 Å². The molecule has 0 saturated carbocycles. The molecule has 1 aliphatic heterocycles. The van der Waals surface area contributed by atoms with Gasteiger partial charge >= 0.3 is 0 Å². The van der Waals surface area contributed by atoms with Crippen molar-refractivity contribution in [2.45, 2.75) is 19.0 Å². The van der Waals surface area contributed by atoms with Crippen LogP contribution in [0.25, 0.3) is 10.1 Å². The van der Waals surface area contributed by atoms with E-state index in [9.17, 15) is 4.79 Å². The number of nitrogens with zero attached hydrogens (tertiary/aromatic N) is 2. The zero-order valence-electron chi connectivity index (χ0n) is 9.80. The van der Waals surface area contributed by atoms with E-state index in [2.05, 4.69) is 4.98 Å². The average Bonchev–Trinajstić information content (AvgIpc) is 2.90. The molecule has 1 aliphatic rings. The summed E-state index contributed by atoms with van der Waals surface area (Å²) < 4.78 is 0.989. The number of likely N-dealkylation sites (tertiary alicyclic amines) is 1. The summed E-state index contributed by atoms with van der Waals surface area (Å²) in [6, 6.07) is 1.61. The van der Waals surface area contributed by atoms with Crippen molar-refractivity contribution >= 4 is 33.1 Å². The molecule has 3 rings (SSSR count). The molecule has 1 atom stereocenters. The lowest BCUT2D eigenvalue weighted by Crippen LogP contribution is -2.33. The Morgan fingerprint density at radius 2 is 2.39 bits per heavy atom. The van der Waals surface area contributed by atoms with Gasteiger partial charge in [-0.15, -0.1) is 11.3 Å². The topological polar surface area (TPSA) is 85.2 Å². The zero-order valence-corrected chi connectivity index (χ0v) is 10.6. The maximum atomic E-state index is 11.8. The van der Waals surface area contributed by atoms with E-state index in [-0.39, 0.29) is 11.9 Å². The number of nitrogens with two attached hydrogens (primary N) is 2. The summed E-state index contributed by atoms with van der Waals surface area (Å²) in [6.07, 6.45) is 2.44. The molecule has 4 N–H and O–H groups in total. The number of hydrogen-bond acceptors (Lipinski definition) is 5. The molecule has 2 aromatic heterocycles. The average molecular weight is 262 g/mol. The van der Waals surface area contributed by atoms with Gasteiger partial charge in [0.1, 0.15) is 5.82 Å². The SMILES string of the molecule is Nc1nccc2c(CN3CCC(N)C3=O)csc12. The number of amides is 1. The summed E-state index contributed by atoms with van der Waals surface area (Å²) in [7, 11) is 0. The maximum Gasteiger partial charge on any atom is 0.239 e. The number of carbonyl (C=O) groups excluding carboxylic acids is 1. The number of fused-ring (bicyclic) bond motifs is 1. The molecule has 1 fully saturated rings. The van der Waals surface area contributed by atoms with E-state index in [1.54, 1.807) is 17.5 Å². The van der Waals surface area contributed by atoms with Gasteiger partial charge in [0.05, 0.1) is 10.7 Å². The van der Waals surface area contributed by atoms with Crippen molar-refractivity contribution in [3.05, 3.63) is 23.2 Å². The van der Waals surface area contributed by atoms with Gasteiger partial charge in [0.25, 0.3) is 0 Å². The lowest BCUT2D eigenvalue weighted by atomic mass is 10.2. The van der Waals surface area contributed by atoms with Crippen molar-refractivity contribution in [3.8, 4) is 0 Å². The summed E-state index contributed by atoms with van der Waals surface area (Å²) in [6.45, 7) is 1.34. The predicted molar refractivity (Wildman–Crippen MR) is 72.0 cm³/mol. The number of hydrogen-bond donors (Lipinski definition) is 2. The minimum atomic E-state index is -0.332. The van der Waals surface area contributed by atoms with Gasteiger partial charge in [0, 0.05) is 24.7 Å². The maximum absolute atomic E-state index is 11.8. The van der Waals surface area contributed by atoms with E-state index in [1.807, 2.05) is 16.3 Å². The molecular formula is C12H14N4OS. The van der Waals surface area contributed by atoms with E-state index in [1.165, 1.54) is 0 Å². The van der Waals surface area contributed by atoms with Crippen LogP contribution in [-0.4, -0.2) is 28.4 Å². The van der Waals surface area contributed by atoms with Gasteiger partial charge in [-0.25, -0.2) is 4.98 Å². The first-order valence-corrected chi connectivity index (χ1v) is 6.69. The van der Waals surface area contributed by atoms with Crippen LogP contribution < -0.4 is 11.5 Å². The first kappa shape index (κ1) is 11.4. The fourth-order valence-corrected chi connectivity index (χ4v) is 3.24. The van der Waals surface area contributed by atoms with Crippen LogP contribution >= 0.6 is 11.3 Å². The van der Waals surface area contributed by atoms with Crippen LogP contribution in [0, 0.1) is 0 Å². The quantitative estimate of drug-likeness (QED) is 0.843. The summed E-state index contributed by atoms with van der Waals surface area (Å²) in [4.78, 5) is 17.7. The van der Waals surface area contributed by atoms with Crippen molar-refractivity contribution < 1.29 is 4.79 Å². The van der Waals surface area contributed by atoms with Gasteiger partial charge in [0.15, 0.2) is 0 Å². The largest absolute Gasteiger partial charge is 0.383 e. The summed E-state index contributed by atoms with van der Waals surface area (Å²) in [5, 5.41) is 3.13. The van der Waals surface area contributed by atoms with Crippen LogP contribution in [0.4, 0.5) is 5.82 Å². The van der Waals surface area contributed by atoms with Crippen molar-refractivity contribution in [1.29, 1.82) is 0 Å². The second-order valence-corrected chi connectivity index (χ2v) is 5.37. The third-order valence-electron chi connectivity index (χ3n) is 3.30. The molecule has 6 heteroatoms. The second-order valence-electron chi connectivity index (χ2n) is 4.49. The molecule has 0 radical (unpaired) electrons. The minimum Gasteiger partial charge on any atom is -0.383 e. The molecule has 0 spiro atoms. The number of thiophene rings is 1. The highest BCUT2D eigenvalue weighted by Crippen LogP contribution is 2.30. The van der Waals surface area contributed by atoms with Gasteiger partial charge < -0.3 is 16.4 Å². The Bertz CT molecular complexity index is 609. The van der Waals surface area contributed by atoms with E-state index in [0.717, 1.165) is 28.6 Å². The van der Waals surface area contributed by atoms with Crippen molar-refractivity contribution in [2.75, 3.05) is 12.3 Å². The number of pyridine rings is 1. The molecule has 2 aromatic rings. The summed E-state index contributed by atoms with van der Waals surface area (Å²) in [5.41, 5.74) is 12.7. The van der Waals surface area contributed by atoms with Crippen molar-refractivity contribution in [3.63, 3.8) is 0 Å². The lowest BCUT2D eigenvalue weighted by molar-refractivity contribution is -0.129. The zero-order chi connectivity index (χ0) is 12.7. The van der Waals surface area contributed by atoms with E-state index in [4.69, 9.17) is 11.5 Å². The first-order valence-electron chi connectivity index (χ1n) is 5.81. The molecule has 94 valence electrons. The molecule has 1 saturated heterocycles. The Balaban J connectivity index is 1.92. The predicted octanol–water partition coefficient (Wildman–Crippen LogP) is 0.938. The van der Waals surface area contributed by atoms with Gasteiger partial charge in [-0.2, -0.15) is 0 Å². The number of rotatable bonds is 2. The van der Waals surface area contributed by atoms with E-state index < -0.39 is 0 Å². The third kappa shape index (κ3) is 1.74. The molecule has 18 heavy (non-hydrogen) atoms. The smallest absolute Gasteiger partial charge is 0.239 e. The highest BCUT2D eigenvalue weighted by molar-refractivity contribution is 7.18. The minimum absolute atomic E-state index is 0.0383. The number of carbonyl (C=O) groups is 1. The molecule has 0 bridgehead atoms. The standard InChI is InChI=1S/C12H14N4OS/c13-9-2-4-16(12(9)17)5-7-6-18-10-8(7)1-3-15-11(10)14/h1,3,6,9H,2,4-5,13H2,(H2,14,15). The lowest BCUT2D eigenvalue weighted by Gasteiger charge is -2.15. The fraction of sp³-hybridized carbons (Fsp3) is 0.333. The summed E-state index contributed by atoms with van der Waals surface area (Å²) >= 11 is 1.57. The van der Waals surface area contributed by atoms with Crippen molar-refractivity contribution in [2.24, 2.45) is 5.73 Å². The van der Waals surface area contributed by atoms with Crippen LogP contribution in [0.3, 0.4) is 0 Å². The van der Waals surface area contributed by atoms with E-state index in [0.29, 0.717) is 12.4 Å². The Hall–Kier alpha value is -1.66. The normalized spacial score (nSPS) is 19.9. The Kier molecular flexibility index (Phi) is 2.68. The van der Waals surface area contributed by atoms with Crippen LogP contribution in [0.15, 0.2) is 17.6 Å². The molecule has 3 heterocycles. The molecule has 0 aliphatic carbocycles. The van der Waals surface area contributed by atoms with Crippen LogP contribution in [-0.2, 0) is 11.3 Å². The third-order valence-corrected chi connectivity index (χ3v) is 4.36. The molecule has 1 unspecified atom stereocenters. The van der Waals surface area contributed by atoms with Crippen LogP contribution in [0.2, 0.25) is 0 Å². The molecule has 0 aromatic carbocycles. The Morgan fingerprint density at radius 3 is 3.11 bits per heavy atom. The molecule has 1 amide bonds. The van der Waals surface area contributed by atoms with E-state index >= 15 is 0 Å². The highest BCUT2D eigenvalue weighted by Gasteiger charge is 2.28. The Morgan fingerprint density at radius 1 is 1.56 bits per heavy atom. The van der Waals surface area contributed by atoms with Crippen LogP contribution in [0.1, 0.15) is 12.0 Å². The first-order chi connectivity index (χ1) is 8.66. The summed E-state index contributed by atoms with van der Waals surface area (Å²) in [5.74, 6) is 0.588. The van der Waals surface area contributed by atoms with Gasteiger partial charge in [-0.1, -0.05) is 0 Å². The molecular weight excluding hydrogens is 248 g/mol. The Labute approximate surface area is 108 Å². The number of aromatic nitrogens is 1. The van der Waals surface area contributed by atoms with Gasteiger partial charge in [0.2, 0.25) is 5.91 Å². The van der Waals surface area contributed by atoms with Crippen molar-refractivity contribution in [1.82, 2.24) is 9.88 Å². The number of anilines is 1. The van der Waals surface area contributed by atoms with Crippen LogP contribution in [0.5, 0.6) is 0 Å². The second kappa shape index (κ2) is 4.22.